The largest absolute Gasteiger partial charge is 0.368 e. The van der Waals surface area contributed by atoms with Crippen LogP contribution < -0.4 is 15.5 Å². The van der Waals surface area contributed by atoms with Gasteiger partial charge in [0.1, 0.15) is 11.9 Å². The van der Waals surface area contributed by atoms with Crippen molar-refractivity contribution in [1.82, 2.24) is 25.1 Å². The average molecular weight is 597 g/mol. The van der Waals surface area contributed by atoms with Crippen LogP contribution in [-0.2, 0) is 35.5 Å². The second-order valence-corrected chi connectivity index (χ2v) is 11.8. The molecule has 6 rings (SSSR count). The van der Waals surface area contributed by atoms with Gasteiger partial charge in [-0.3, -0.25) is 9.59 Å². The van der Waals surface area contributed by atoms with Gasteiger partial charge in [0.05, 0.1) is 12.6 Å². The fourth-order valence-electron chi connectivity index (χ4n) is 6.06. The number of nitrogens with zero attached hydrogens (tertiary/aromatic N) is 4. The zero-order chi connectivity index (χ0) is 29.8. The topological polar surface area (TPSA) is 82.5 Å². The molecule has 0 unspecified atom stereocenters. The van der Waals surface area contributed by atoms with Gasteiger partial charge in [-0.05, 0) is 53.8 Å². The van der Waals surface area contributed by atoms with Gasteiger partial charge in [-0.25, -0.2) is 4.98 Å². The smallest absolute Gasteiger partial charge is 0.245 e. The van der Waals surface area contributed by atoms with Crippen molar-refractivity contribution in [2.75, 3.05) is 31.1 Å². The molecular weight excluding hydrogens is 560 g/mol. The molecule has 3 heterocycles. The Morgan fingerprint density at radius 1 is 0.977 bits per heavy atom. The van der Waals surface area contributed by atoms with E-state index in [0.29, 0.717) is 50.6 Å². The van der Waals surface area contributed by atoms with E-state index in [9.17, 15) is 9.59 Å². The van der Waals surface area contributed by atoms with Crippen LogP contribution in [0.1, 0.15) is 28.1 Å². The van der Waals surface area contributed by atoms with Gasteiger partial charge in [0.15, 0.2) is 0 Å². The Morgan fingerprint density at radius 3 is 2.44 bits per heavy atom. The number of hydrogen-bond donors (Lipinski definition) is 2. The first-order valence-electron chi connectivity index (χ1n) is 14.9. The van der Waals surface area contributed by atoms with Crippen LogP contribution >= 0.6 is 11.6 Å². The van der Waals surface area contributed by atoms with E-state index >= 15 is 0 Å². The van der Waals surface area contributed by atoms with Gasteiger partial charge < -0.3 is 25.0 Å². The van der Waals surface area contributed by atoms with Crippen molar-refractivity contribution in [2.45, 2.75) is 44.9 Å². The highest BCUT2D eigenvalue weighted by Crippen LogP contribution is 2.24. The number of fused-ring (bicyclic) bond motifs is 1. The third-order valence-corrected chi connectivity index (χ3v) is 8.81. The van der Waals surface area contributed by atoms with E-state index < -0.39 is 6.04 Å². The van der Waals surface area contributed by atoms with Crippen molar-refractivity contribution >= 4 is 29.1 Å². The monoisotopic (exact) mass is 596 g/mol. The Labute approximate surface area is 257 Å². The van der Waals surface area contributed by atoms with Crippen LogP contribution in [0, 0.1) is 6.92 Å². The Morgan fingerprint density at radius 2 is 1.70 bits per heavy atom. The van der Waals surface area contributed by atoms with Crippen LogP contribution in [0.25, 0.3) is 0 Å². The van der Waals surface area contributed by atoms with E-state index in [1.54, 1.807) is 0 Å². The maximum Gasteiger partial charge on any atom is 0.245 e. The van der Waals surface area contributed by atoms with E-state index in [1.165, 1.54) is 22.4 Å². The predicted molar refractivity (Wildman–Crippen MR) is 169 cm³/mol. The second kappa shape index (κ2) is 13.0. The van der Waals surface area contributed by atoms with Crippen LogP contribution in [0.15, 0.2) is 85.2 Å². The Bertz CT molecular complexity index is 1580. The lowest BCUT2D eigenvalue weighted by Gasteiger charge is -2.38. The SMILES string of the molecule is Cc1nccn1Cc1ccccc1N1CCN(C(=O)[C@@H](Cc2ccc(Cl)cc2)NC(=O)[C@H]2Cc3ccccc3CN2)CC1. The molecule has 2 aliphatic rings. The number of imidazole rings is 1. The zero-order valence-corrected chi connectivity index (χ0v) is 25.1. The van der Waals surface area contributed by atoms with Gasteiger partial charge >= 0.3 is 0 Å². The number of amides is 2. The van der Waals surface area contributed by atoms with Crippen molar-refractivity contribution in [3.8, 4) is 0 Å². The molecule has 0 aliphatic carbocycles. The van der Waals surface area contributed by atoms with Gasteiger partial charge in [-0.1, -0.05) is 66.2 Å². The van der Waals surface area contributed by atoms with E-state index in [0.717, 1.165) is 17.9 Å². The maximum atomic E-state index is 14.0. The molecule has 3 aromatic carbocycles. The number of carbonyl (C=O) groups is 2. The highest BCUT2D eigenvalue weighted by Gasteiger charge is 2.32. The van der Waals surface area contributed by atoms with Crippen molar-refractivity contribution < 1.29 is 9.59 Å². The zero-order valence-electron chi connectivity index (χ0n) is 24.4. The summed E-state index contributed by atoms with van der Waals surface area (Å²) in [5.41, 5.74) is 5.73. The standard InChI is InChI=1S/C34H37ClN6O2/c1-24-36-14-15-41(24)23-28-8-4-5-9-32(28)39-16-18-40(19-17-39)34(43)31(20-25-10-12-29(35)13-11-25)38-33(42)30-21-26-6-2-3-7-27(26)22-37-30/h2-15,30-31,37H,16-23H2,1H3,(H,38,42)/t30-,31-/m1/s1. The number of hydrogen-bond acceptors (Lipinski definition) is 5. The number of anilines is 1. The molecule has 2 atom stereocenters. The third kappa shape index (κ3) is 6.76. The number of benzene rings is 3. The normalized spacial score (nSPS) is 17.3. The Kier molecular flexibility index (Phi) is 8.77. The molecule has 1 aromatic heterocycles. The molecule has 2 amide bonds. The highest BCUT2D eigenvalue weighted by molar-refractivity contribution is 6.30. The minimum absolute atomic E-state index is 0.0542. The van der Waals surface area contributed by atoms with E-state index in [1.807, 2.05) is 60.6 Å². The molecule has 0 saturated carbocycles. The Hall–Kier alpha value is -4.14. The fourth-order valence-corrected chi connectivity index (χ4v) is 6.19. The summed E-state index contributed by atoms with van der Waals surface area (Å²) < 4.78 is 2.14. The number of rotatable bonds is 8. The fraction of sp³-hybridized carbons (Fsp3) is 0.324. The third-order valence-electron chi connectivity index (χ3n) is 8.55. The van der Waals surface area contributed by atoms with Gasteiger partial charge in [-0.2, -0.15) is 0 Å². The summed E-state index contributed by atoms with van der Waals surface area (Å²) >= 11 is 6.12. The molecule has 1 fully saturated rings. The lowest BCUT2D eigenvalue weighted by atomic mass is 9.95. The van der Waals surface area contributed by atoms with Crippen molar-refractivity contribution in [3.63, 3.8) is 0 Å². The molecule has 2 aliphatic heterocycles. The summed E-state index contributed by atoms with van der Waals surface area (Å²) in [4.78, 5) is 36.1. The lowest BCUT2D eigenvalue weighted by Crippen LogP contribution is -2.58. The molecule has 0 radical (unpaired) electrons. The number of aromatic nitrogens is 2. The molecule has 2 N–H and O–H groups in total. The molecule has 8 nitrogen and oxygen atoms in total. The van der Waals surface area contributed by atoms with E-state index in [-0.39, 0.29) is 17.9 Å². The molecule has 9 heteroatoms. The number of aryl methyl sites for hydroxylation is 1. The molecule has 4 aromatic rings. The first kappa shape index (κ1) is 29.0. The summed E-state index contributed by atoms with van der Waals surface area (Å²) in [5.74, 6) is 0.775. The molecule has 0 spiro atoms. The summed E-state index contributed by atoms with van der Waals surface area (Å²) in [5, 5.41) is 7.10. The van der Waals surface area contributed by atoms with Gasteiger partial charge in [0.25, 0.3) is 0 Å². The maximum absolute atomic E-state index is 14.0. The first-order valence-corrected chi connectivity index (χ1v) is 15.3. The van der Waals surface area contributed by atoms with Crippen LogP contribution in [0.5, 0.6) is 0 Å². The number of carbonyl (C=O) groups excluding carboxylic acids is 2. The van der Waals surface area contributed by atoms with Gasteiger partial charge in [-0.15, -0.1) is 0 Å². The Balaban J connectivity index is 1.14. The number of halogens is 1. The predicted octanol–water partition coefficient (Wildman–Crippen LogP) is 3.98. The van der Waals surface area contributed by atoms with E-state index in [4.69, 9.17) is 11.6 Å². The molecular formula is C34H37ClN6O2. The number of piperazine rings is 1. The molecule has 1 saturated heterocycles. The lowest BCUT2D eigenvalue weighted by molar-refractivity contribution is -0.137. The van der Waals surface area contributed by atoms with E-state index in [2.05, 4.69) is 61.5 Å². The highest BCUT2D eigenvalue weighted by atomic mass is 35.5. The first-order chi connectivity index (χ1) is 20.9. The van der Waals surface area contributed by atoms with Gasteiger partial charge in [0, 0.05) is 62.2 Å². The molecule has 222 valence electrons. The van der Waals surface area contributed by atoms with Gasteiger partial charge in [0.2, 0.25) is 11.8 Å². The quantitative estimate of drug-likeness (QED) is 0.322. The summed E-state index contributed by atoms with van der Waals surface area (Å²) in [7, 11) is 0. The summed E-state index contributed by atoms with van der Waals surface area (Å²) in [6.07, 6.45) is 4.82. The second-order valence-electron chi connectivity index (χ2n) is 11.3. The minimum atomic E-state index is -0.671. The van der Waals surface area contributed by atoms with Crippen LogP contribution in [0.4, 0.5) is 5.69 Å². The van der Waals surface area contributed by atoms with Crippen LogP contribution in [0.3, 0.4) is 0 Å². The minimum Gasteiger partial charge on any atom is -0.368 e. The summed E-state index contributed by atoms with van der Waals surface area (Å²) in [6, 6.07) is 23.0. The number of para-hydroxylation sites is 1. The molecule has 43 heavy (non-hydrogen) atoms. The van der Waals surface area contributed by atoms with Crippen LogP contribution in [0.2, 0.25) is 5.02 Å². The van der Waals surface area contributed by atoms with Crippen LogP contribution in [-0.4, -0.2) is 64.5 Å². The van der Waals surface area contributed by atoms with Crippen molar-refractivity contribution in [1.29, 1.82) is 0 Å². The summed E-state index contributed by atoms with van der Waals surface area (Å²) in [6.45, 7) is 5.99. The molecule has 0 bridgehead atoms. The van der Waals surface area contributed by atoms with Crippen molar-refractivity contribution in [3.05, 3.63) is 118 Å². The average Bonchev–Trinajstić information content (AvgIpc) is 3.45. The number of nitrogens with one attached hydrogen (secondary N) is 2. The van der Waals surface area contributed by atoms with Crippen molar-refractivity contribution in [2.24, 2.45) is 0 Å².